The van der Waals surface area contributed by atoms with Crippen LogP contribution in [-0.2, 0) is 0 Å². The summed E-state index contributed by atoms with van der Waals surface area (Å²) in [5.74, 6) is 0. The maximum atomic E-state index is 3.51. The van der Waals surface area contributed by atoms with E-state index >= 15 is 0 Å². The maximum Gasteiger partial charge on any atom is 0.0584 e. The van der Waals surface area contributed by atoms with Crippen molar-refractivity contribution in [2.75, 3.05) is 6.54 Å². The molecule has 1 unspecified atom stereocenters. The van der Waals surface area contributed by atoms with E-state index < -0.39 is 0 Å². The average Bonchev–Trinajstić information content (AvgIpc) is 2.80. The molecular formula is C13H15NS. The number of benzene rings is 1. The van der Waals surface area contributed by atoms with Gasteiger partial charge in [0.05, 0.1) is 6.04 Å². The molecule has 1 atom stereocenters. The topological polar surface area (TPSA) is 12.0 Å². The quantitative estimate of drug-likeness (QED) is 0.827. The summed E-state index contributed by atoms with van der Waals surface area (Å²) in [5, 5.41) is 7.84. The molecule has 0 aliphatic carbocycles. The van der Waals surface area contributed by atoms with Crippen molar-refractivity contribution in [1.29, 1.82) is 0 Å². The van der Waals surface area contributed by atoms with Gasteiger partial charge >= 0.3 is 0 Å². The van der Waals surface area contributed by atoms with E-state index in [1.165, 1.54) is 11.1 Å². The molecule has 0 aliphatic heterocycles. The molecule has 1 nitrogen and oxygen atoms in total. The molecule has 2 aromatic rings. The minimum absolute atomic E-state index is 0.336. The van der Waals surface area contributed by atoms with Crippen LogP contribution in [0.1, 0.15) is 24.1 Å². The van der Waals surface area contributed by atoms with E-state index in [0.717, 1.165) is 6.54 Å². The minimum atomic E-state index is 0.336. The first-order valence-corrected chi connectivity index (χ1v) is 6.16. The first-order valence-electron chi connectivity index (χ1n) is 5.22. The molecule has 2 rings (SSSR count). The van der Waals surface area contributed by atoms with Gasteiger partial charge in [-0.25, -0.2) is 0 Å². The molecular weight excluding hydrogens is 202 g/mol. The predicted octanol–water partition coefficient (Wildman–Crippen LogP) is 3.45. The highest BCUT2D eigenvalue weighted by atomic mass is 32.1. The van der Waals surface area contributed by atoms with Crippen LogP contribution in [-0.4, -0.2) is 6.54 Å². The monoisotopic (exact) mass is 217 g/mol. The lowest BCUT2D eigenvalue weighted by Gasteiger charge is -2.17. The maximum absolute atomic E-state index is 3.51. The summed E-state index contributed by atoms with van der Waals surface area (Å²) in [6, 6.07) is 13.1. The normalized spacial score (nSPS) is 12.6. The lowest BCUT2D eigenvalue weighted by Crippen LogP contribution is -2.21. The Hall–Kier alpha value is -1.12. The number of thiophene rings is 1. The summed E-state index contributed by atoms with van der Waals surface area (Å²) < 4.78 is 0. The van der Waals surface area contributed by atoms with Gasteiger partial charge in [-0.05, 0) is 34.5 Å². The molecule has 1 aromatic heterocycles. The van der Waals surface area contributed by atoms with E-state index in [9.17, 15) is 0 Å². The third-order valence-electron chi connectivity index (χ3n) is 2.42. The van der Waals surface area contributed by atoms with Crippen LogP contribution in [0, 0.1) is 0 Å². The summed E-state index contributed by atoms with van der Waals surface area (Å²) in [6.07, 6.45) is 0. The third kappa shape index (κ3) is 2.46. The van der Waals surface area contributed by atoms with Crippen molar-refractivity contribution >= 4 is 11.3 Å². The Morgan fingerprint density at radius 2 is 1.93 bits per heavy atom. The Morgan fingerprint density at radius 3 is 2.53 bits per heavy atom. The van der Waals surface area contributed by atoms with Crippen LogP contribution < -0.4 is 5.32 Å². The molecule has 0 aliphatic rings. The predicted molar refractivity (Wildman–Crippen MR) is 66.3 cm³/mol. The molecule has 78 valence electrons. The second kappa shape index (κ2) is 5.10. The van der Waals surface area contributed by atoms with Crippen molar-refractivity contribution < 1.29 is 0 Å². The molecule has 15 heavy (non-hydrogen) atoms. The number of hydrogen-bond acceptors (Lipinski definition) is 2. The van der Waals surface area contributed by atoms with Gasteiger partial charge in [-0.15, -0.1) is 0 Å². The molecule has 2 heteroatoms. The van der Waals surface area contributed by atoms with Crippen molar-refractivity contribution in [2.45, 2.75) is 13.0 Å². The van der Waals surface area contributed by atoms with Crippen molar-refractivity contribution in [3.8, 4) is 0 Å². The fourth-order valence-corrected chi connectivity index (χ4v) is 2.40. The van der Waals surface area contributed by atoms with Crippen LogP contribution in [0.25, 0.3) is 0 Å². The zero-order valence-electron chi connectivity index (χ0n) is 8.81. The zero-order chi connectivity index (χ0) is 10.5. The molecule has 1 heterocycles. The Kier molecular flexibility index (Phi) is 3.54. The van der Waals surface area contributed by atoms with Gasteiger partial charge in [0.25, 0.3) is 0 Å². The Labute approximate surface area is 94.8 Å². The first kappa shape index (κ1) is 10.4. The van der Waals surface area contributed by atoms with Crippen LogP contribution in [0.4, 0.5) is 0 Å². The second-order valence-corrected chi connectivity index (χ2v) is 4.24. The summed E-state index contributed by atoms with van der Waals surface area (Å²) in [6.45, 7) is 3.12. The van der Waals surface area contributed by atoms with Crippen LogP contribution in [0.3, 0.4) is 0 Å². The lowest BCUT2D eigenvalue weighted by atomic mass is 10.0. The van der Waals surface area contributed by atoms with Gasteiger partial charge in [0, 0.05) is 0 Å². The van der Waals surface area contributed by atoms with Gasteiger partial charge in [-0.1, -0.05) is 37.3 Å². The summed E-state index contributed by atoms with van der Waals surface area (Å²) in [7, 11) is 0. The van der Waals surface area contributed by atoms with E-state index in [1.807, 2.05) is 0 Å². The van der Waals surface area contributed by atoms with Gasteiger partial charge in [0.15, 0.2) is 0 Å². The van der Waals surface area contributed by atoms with E-state index in [4.69, 9.17) is 0 Å². The standard InChI is InChI=1S/C13H15NS/c1-2-14-13(12-8-9-15-10-12)11-6-4-3-5-7-11/h3-10,13-14H,2H2,1H3. The SMILES string of the molecule is CCNC(c1ccccc1)c1ccsc1. The largest absolute Gasteiger partial charge is 0.307 e. The fourth-order valence-electron chi connectivity index (χ4n) is 1.72. The smallest absolute Gasteiger partial charge is 0.0584 e. The molecule has 0 bridgehead atoms. The lowest BCUT2D eigenvalue weighted by molar-refractivity contribution is 0.632. The highest BCUT2D eigenvalue weighted by Crippen LogP contribution is 2.23. The second-order valence-electron chi connectivity index (χ2n) is 3.46. The van der Waals surface area contributed by atoms with Crippen LogP contribution >= 0.6 is 11.3 Å². The van der Waals surface area contributed by atoms with Crippen molar-refractivity contribution in [3.63, 3.8) is 0 Å². The molecule has 0 spiro atoms. The van der Waals surface area contributed by atoms with Gasteiger partial charge in [0.2, 0.25) is 0 Å². The van der Waals surface area contributed by atoms with Gasteiger partial charge in [-0.3, -0.25) is 0 Å². The zero-order valence-corrected chi connectivity index (χ0v) is 9.63. The highest BCUT2D eigenvalue weighted by Gasteiger charge is 2.11. The first-order chi connectivity index (χ1) is 7.42. The molecule has 0 saturated heterocycles. The molecule has 1 aromatic carbocycles. The van der Waals surface area contributed by atoms with E-state index in [2.05, 4.69) is 59.4 Å². The van der Waals surface area contributed by atoms with E-state index in [1.54, 1.807) is 11.3 Å². The Balaban J connectivity index is 2.28. The Bertz CT molecular complexity index is 380. The average molecular weight is 217 g/mol. The molecule has 0 saturated carbocycles. The third-order valence-corrected chi connectivity index (χ3v) is 3.12. The van der Waals surface area contributed by atoms with Gasteiger partial charge in [-0.2, -0.15) is 11.3 Å². The molecule has 0 amide bonds. The van der Waals surface area contributed by atoms with Gasteiger partial charge in [0.1, 0.15) is 0 Å². The van der Waals surface area contributed by atoms with Crippen LogP contribution in [0.2, 0.25) is 0 Å². The van der Waals surface area contributed by atoms with Crippen molar-refractivity contribution in [1.82, 2.24) is 5.32 Å². The molecule has 0 radical (unpaired) electrons. The molecule has 0 fully saturated rings. The summed E-state index contributed by atoms with van der Waals surface area (Å²) in [5.41, 5.74) is 2.69. The molecule has 1 N–H and O–H groups in total. The Morgan fingerprint density at radius 1 is 1.13 bits per heavy atom. The number of nitrogens with one attached hydrogen (secondary N) is 1. The van der Waals surface area contributed by atoms with Crippen molar-refractivity contribution in [3.05, 3.63) is 58.3 Å². The fraction of sp³-hybridized carbons (Fsp3) is 0.231. The highest BCUT2D eigenvalue weighted by molar-refractivity contribution is 7.08. The van der Waals surface area contributed by atoms with Crippen molar-refractivity contribution in [2.24, 2.45) is 0 Å². The van der Waals surface area contributed by atoms with E-state index in [-0.39, 0.29) is 0 Å². The minimum Gasteiger partial charge on any atom is -0.307 e. The number of hydrogen-bond donors (Lipinski definition) is 1. The number of rotatable bonds is 4. The van der Waals surface area contributed by atoms with Crippen LogP contribution in [0.5, 0.6) is 0 Å². The van der Waals surface area contributed by atoms with Crippen LogP contribution in [0.15, 0.2) is 47.2 Å². The van der Waals surface area contributed by atoms with Gasteiger partial charge < -0.3 is 5.32 Å². The summed E-state index contributed by atoms with van der Waals surface area (Å²) >= 11 is 1.75. The van der Waals surface area contributed by atoms with E-state index in [0.29, 0.717) is 6.04 Å². The summed E-state index contributed by atoms with van der Waals surface area (Å²) in [4.78, 5) is 0.